The van der Waals surface area contributed by atoms with Gasteiger partial charge in [0.05, 0.1) is 18.9 Å². The summed E-state index contributed by atoms with van der Waals surface area (Å²) in [6, 6.07) is 5.85. The zero-order valence-electron chi connectivity index (χ0n) is 12.4. The second-order valence-corrected chi connectivity index (χ2v) is 5.50. The molecule has 1 aliphatic carbocycles. The molecule has 1 aromatic rings. The van der Waals surface area contributed by atoms with Gasteiger partial charge in [0.1, 0.15) is 0 Å². The van der Waals surface area contributed by atoms with Crippen molar-refractivity contribution in [2.45, 2.75) is 38.1 Å². The van der Waals surface area contributed by atoms with Crippen LogP contribution < -0.4 is 15.8 Å². The minimum Gasteiger partial charge on any atom is -0.490 e. The number of para-hydroxylation sites is 1. The van der Waals surface area contributed by atoms with Gasteiger partial charge in [0.25, 0.3) is 0 Å². The molecule has 120 valence electrons. The molecule has 0 aromatic heterocycles. The topological polar surface area (TPSA) is 81.4 Å². The summed E-state index contributed by atoms with van der Waals surface area (Å²) in [5, 5.41) is 2.84. The molecule has 1 fully saturated rings. The molecule has 0 spiro atoms. The Hall–Kier alpha value is -2.11. The summed E-state index contributed by atoms with van der Waals surface area (Å²) in [4.78, 5) is 23.3. The first-order valence-corrected chi connectivity index (χ1v) is 7.54. The van der Waals surface area contributed by atoms with Crippen LogP contribution in [0.3, 0.4) is 0 Å². The van der Waals surface area contributed by atoms with E-state index in [1.54, 1.807) is 12.1 Å². The highest BCUT2D eigenvalue weighted by Crippen LogP contribution is 2.24. The molecule has 3 N–H and O–H groups in total. The standard InChI is InChI=1S/C16H21FN2O3/c17-12-6-2-4-8-14(12)22-10-9-15(20)19-13-7-3-1-5-11(13)16(18)21/h2,4,6,8,11,13H,1,3,5,7,9-10H2,(H2,18,21)(H,19,20)/t11-,13+/m1/s1. The first-order valence-electron chi connectivity index (χ1n) is 7.54. The van der Waals surface area contributed by atoms with Gasteiger partial charge in [-0.05, 0) is 25.0 Å². The highest BCUT2D eigenvalue weighted by Gasteiger charge is 2.30. The number of amides is 2. The SMILES string of the molecule is NC(=O)[C@@H]1CCCC[C@@H]1NC(=O)CCOc1ccccc1F. The van der Waals surface area contributed by atoms with Gasteiger partial charge < -0.3 is 15.8 Å². The number of hydrogen-bond donors (Lipinski definition) is 2. The number of nitrogens with two attached hydrogens (primary N) is 1. The van der Waals surface area contributed by atoms with Crippen LogP contribution in [0.4, 0.5) is 4.39 Å². The van der Waals surface area contributed by atoms with Crippen LogP contribution in [0.1, 0.15) is 32.1 Å². The number of benzene rings is 1. The maximum Gasteiger partial charge on any atom is 0.223 e. The van der Waals surface area contributed by atoms with Crippen molar-refractivity contribution in [2.24, 2.45) is 11.7 Å². The van der Waals surface area contributed by atoms with Gasteiger partial charge >= 0.3 is 0 Å². The van der Waals surface area contributed by atoms with Crippen LogP contribution in [0.2, 0.25) is 0 Å². The maximum atomic E-state index is 13.3. The molecule has 0 radical (unpaired) electrons. The largest absolute Gasteiger partial charge is 0.490 e. The van der Waals surface area contributed by atoms with E-state index in [2.05, 4.69) is 5.32 Å². The van der Waals surface area contributed by atoms with E-state index in [1.165, 1.54) is 12.1 Å². The van der Waals surface area contributed by atoms with Gasteiger partial charge in [-0.3, -0.25) is 9.59 Å². The Kier molecular flexibility index (Phi) is 5.75. The van der Waals surface area contributed by atoms with E-state index < -0.39 is 5.82 Å². The second-order valence-electron chi connectivity index (χ2n) is 5.50. The predicted octanol–water partition coefficient (Wildman–Crippen LogP) is 1.75. The van der Waals surface area contributed by atoms with E-state index in [-0.39, 0.29) is 42.6 Å². The smallest absolute Gasteiger partial charge is 0.223 e. The number of nitrogens with one attached hydrogen (secondary N) is 1. The lowest BCUT2D eigenvalue weighted by molar-refractivity contribution is -0.126. The molecule has 0 bridgehead atoms. The molecular formula is C16H21FN2O3. The lowest BCUT2D eigenvalue weighted by Gasteiger charge is -2.29. The van der Waals surface area contributed by atoms with Crippen molar-refractivity contribution in [1.82, 2.24) is 5.32 Å². The zero-order chi connectivity index (χ0) is 15.9. The Labute approximate surface area is 129 Å². The summed E-state index contributed by atoms with van der Waals surface area (Å²) < 4.78 is 18.6. The second kappa shape index (κ2) is 7.77. The number of hydrogen-bond acceptors (Lipinski definition) is 3. The third-order valence-corrected chi connectivity index (χ3v) is 3.90. The molecular weight excluding hydrogens is 287 g/mol. The molecule has 1 saturated carbocycles. The molecule has 2 rings (SSSR count). The summed E-state index contributed by atoms with van der Waals surface area (Å²) >= 11 is 0. The summed E-state index contributed by atoms with van der Waals surface area (Å²) in [5.41, 5.74) is 5.37. The van der Waals surface area contributed by atoms with Gasteiger partial charge in [0.15, 0.2) is 11.6 Å². The minimum atomic E-state index is -0.455. The van der Waals surface area contributed by atoms with Gasteiger partial charge in [0.2, 0.25) is 11.8 Å². The summed E-state index contributed by atoms with van der Waals surface area (Å²) in [5.74, 6) is -1.21. The number of ether oxygens (including phenoxy) is 1. The van der Waals surface area contributed by atoms with E-state index in [1.807, 2.05) is 0 Å². The molecule has 0 aliphatic heterocycles. The van der Waals surface area contributed by atoms with E-state index in [9.17, 15) is 14.0 Å². The number of primary amides is 1. The molecule has 2 atom stereocenters. The van der Waals surface area contributed by atoms with Gasteiger partial charge in [0, 0.05) is 6.04 Å². The van der Waals surface area contributed by atoms with Crippen molar-refractivity contribution >= 4 is 11.8 Å². The summed E-state index contributed by atoms with van der Waals surface area (Å²) in [6.07, 6.45) is 3.51. The molecule has 0 unspecified atom stereocenters. The average molecular weight is 308 g/mol. The molecule has 0 saturated heterocycles. The molecule has 22 heavy (non-hydrogen) atoms. The Balaban J connectivity index is 1.78. The highest BCUT2D eigenvalue weighted by molar-refractivity contribution is 5.80. The molecule has 0 heterocycles. The van der Waals surface area contributed by atoms with E-state index in [0.29, 0.717) is 6.42 Å². The Morgan fingerprint density at radius 3 is 2.73 bits per heavy atom. The van der Waals surface area contributed by atoms with Gasteiger partial charge in [-0.25, -0.2) is 4.39 Å². The number of carbonyl (C=O) groups is 2. The number of rotatable bonds is 6. The van der Waals surface area contributed by atoms with Gasteiger partial charge in [-0.15, -0.1) is 0 Å². The lowest BCUT2D eigenvalue weighted by Crippen LogP contribution is -2.47. The van der Waals surface area contributed by atoms with Gasteiger partial charge in [-0.2, -0.15) is 0 Å². The van der Waals surface area contributed by atoms with Crippen molar-refractivity contribution in [1.29, 1.82) is 0 Å². The molecule has 1 aliphatic rings. The van der Waals surface area contributed by atoms with Crippen LogP contribution >= 0.6 is 0 Å². The third-order valence-electron chi connectivity index (χ3n) is 3.90. The van der Waals surface area contributed by atoms with E-state index in [0.717, 1.165) is 19.3 Å². The monoisotopic (exact) mass is 308 g/mol. The fourth-order valence-electron chi connectivity index (χ4n) is 2.74. The minimum absolute atomic E-state index is 0.0841. The fourth-order valence-corrected chi connectivity index (χ4v) is 2.74. The lowest BCUT2D eigenvalue weighted by atomic mass is 9.84. The first-order chi connectivity index (χ1) is 10.6. The normalized spacial score (nSPS) is 21.1. The maximum absolute atomic E-state index is 13.3. The molecule has 5 nitrogen and oxygen atoms in total. The Morgan fingerprint density at radius 2 is 2.00 bits per heavy atom. The Bertz CT molecular complexity index is 536. The fraction of sp³-hybridized carbons (Fsp3) is 0.500. The third kappa shape index (κ3) is 4.44. The van der Waals surface area contributed by atoms with Crippen molar-refractivity contribution in [3.8, 4) is 5.75 Å². The zero-order valence-corrected chi connectivity index (χ0v) is 12.4. The molecule has 6 heteroatoms. The number of carbonyl (C=O) groups excluding carboxylic acids is 2. The summed E-state index contributed by atoms with van der Waals surface area (Å²) in [7, 11) is 0. The Morgan fingerprint density at radius 1 is 1.27 bits per heavy atom. The molecule has 1 aromatic carbocycles. The van der Waals surface area contributed by atoms with Crippen LogP contribution in [-0.2, 0) is 9.59 Å². The quantitative estimate of drug-likeness (QED) is 0.840. The van der Waals surface area contributed by atoms with Crippen molar-refractivity contribution in [2.75, 3.05) is 6.61 Å². The van der Waals surface area contributed by atoms with Crippen LogP contribution in [0.15, 0.2) is 24.3 Å². The van der Waals surface area contributed by atoms with Gasteiger partial charge in [-0.1, -0.05) is 25.0 Å². The van der Waals surface area contributed by atoms with Crippen molar-refractivity contribution < 1.29 is 18.7 Å². The molecule has 2 amide bonds. The highest BCUT2D eigenvalue weighted by atomic mass is 19.1. The van der Waals surface area contributed by atoms with Crippen LogP contribution in [0.5, 0.6) is 5.75 Å². The van der Waals surface area contributed by atoms with E-state index in [4.69, 9.17) is 10.5 Å². The number of halogens is 1. The van der Waals surface area contributed by atoms with Crippen molar-refractivity contribution in [3.05, 3.63) is 30.1 Å². The van der Waals surface area contributed by atoms with Crippen molar-refractivity contribution in [3.63, 3.8) is 0 Å². The average Bonchev–Trinajstić information content (AvgIpc) is 2.49. The van der Waals surface area contributed by atoms with Crippen LogP contribution in [-0.4, -0.2) is 24.5 Å². The van der Waals surface area contributed by atoms with Crippen LogP contribution in [0, 0.1) is 11.7 Å². The first kappa shape index (κ1) is 16.3. The van der Waals surface area contributed by atoms with Crippen LogP contribution in [0.25, 0.3) is 0 Å². The predicted molar refractivity (Wildman–Crippen MR) is 79.6 cm³/mol. The van der Waals surface area contributed by atoms with E-state index >= 15 is 0 Å². The summed E-state index contributed by atoms with van der Waals surface area (Å²) in [6.45, 7) is 0.0841.